The molecular formula is C14H23N3O4S. The topological polar surface area (TPSA) is 99.5 Å². The third-order valence-electron chi connectivity index (χ3n) is 3.44. The van der Waals surface area contributed by atoms with E-state index in [0.29, 0.717) is 32.6 Å². The van der Waals surface area contributed by atoms with E-state index in [0.717, 1.165) is 0 Å². The molecule has 1 amide bonds. The third-order valence-corrected chi connectivity index (χ3v) is 5.19. The molecule has 0 aliphatic carbocycles. The first-order chi connectivity index (χ1) is 10.4. The van der Waals surface area contributed by atoms with Crippen LogP contribution in [0, 0.1) is 11.3 Å². The van der Waals surface area contributed by atoms with Crippen LogP contribution < -0.4 is 5.32 Å². The van der Waals surface area contributed by atoms with Gasteiger partial charge in [-0.3, -0.25) is 4.79 Å². The number of ether oxygens (including phenoxy) is 1. The van der Waals surface area contributed by atoms with Crippen molar-refractivity contribution in [2.45, 2.75) is 25.8 Å². The molecule has 22 heavy (non-hydrogen) atoms. The monoisotopic (exact) mass is 329 g/mol. The normalized spacial score (nSPS) is 20.4. The molecule has 1 aliphatic rings. The van der Waals surface area contributed by atoms with E-state index in [1.54, 1.807) is 11.9 Å². The van der Waals surface area contributed by atoms with Crippen LogP contribution in [0.3, 0.4) is 0 Å². The van der Waals surface area contributed by atoms with E-state index in [4.69, 9.17) is 10.00 Å². The van der Waals surface area contributed by atoms with Gasteiger partial charge in [0.05, 0.1) is 11.5 Å². The summed E-state index contributed by atoms with van der Waals surface area (Å²) in [5.74, 6) is -0.234. The van der Waals surface area contributed by atoms with E-state index in [-0.39, 0.29) is 23.1 Å². The molecule has 1 rings (SSSR count). The lowest BCUT2D eigenvalue weighted by Crippen LogP contribution is -2.31. The van der Waals surface area contributed by atoms with Crippen molar-refractivity contribution in [1.29, 1.82) is 5.26 Å². The van der Waals surface area contributed by atoms with Crippen molar-refractivity contribution in [3.63, 3.8) is 0 Å². The maximum atomic E-state index is 11.9. The summed E-state index contributed by atoms with van der Waals surface area (Å²) in [6.45, 7) is 3.52. The molecule has 0 radical (unpaired) electrons. The molecule has 7 nitrogen and oxygen atoms in total. The maximum Gasteiger partial charge on any atom is 0.263 e. The first-order valence-corrected chi connectivity index (χ1v) is 9.12. The quantitative estimate of drug-likeness (QED) is 0.384. The van der Waals surface area contributed by atoms with Crippen molar-refractivity contribution < 1.29 is 17.9 Å². The van der Waals surface area contributed by atoms with Crippen molar-refractivity contribution in [3.05, 3.63) is 11.8 Å². The highest BCUT2D eigenvalue weighted by Gasteiger charge is 2.30. The van der Waals surface area contributed by atoms with Crippen LogP contribution in [-0.2, 0) is 19.4 Å². The molecular weight excluding hydrogens is 306 g/mol. The average Bonchev–Trinajstić information content (AvgIpc) is 2.84. The summed E-state index contributed by atoms with van der Waals surface area (Å²) in [5.41, 5.74) is -0.0248. The second-order valence-electron chi connectivity index (χ2n) is 5.18. The molecule has 0 aromatic rings. The molecule has 8 heteroatoms. The smallest absolute Gasteiger partial charge is 0.263 e. The summed E-state index contributed by atoms with van der Waals surface area (Å²) in [5, 5.41) is 11.7. The first-order valence-electron chi connectivity index (χ1n) is 7.30. The standard InChI is InChI=1S/C14H23N3O4S/c1-3-21-7-4-6-16-14(18)12(9-15)10-17(2)13-5-8-22(19,20)11-13/h10,13H,3-8,11H2,1-2H3,(H,16,18)/b12-10-. The van der Waals surface area contributed by atoms with E-state index in [1.165, 1.54) is 6.20 Å². The fraction of sp³-hybridized carbons (Fsp3) is 0.714. The zero-order valence-electron chi connectivity index (χ0n) is 13.0. The Balaban J connectivity index is 2.51. The van der Waals surface area contributed by atoms with Crippen molar-refractivity contribution in [2.24, 2.45) is 0 Å². The van der Waals surface area contributed by atoms with Gasteiger partial charge in [0.15, 0.2) is 9.84 Å². The highest BCUT2D eigenvalue weighted by atomic mass is 32.2. The van der Waals surface area contributed by atoms with E-state index in [1.807, 2.05) is 13.0 Å². The van der Waals surface area contributed by atoms with E-state index >= 15 is 0 Å². The van der Waals surface area contributed by atoms with Crippen LogP contribution in [0.15, 0.2) is 11.8 Å². The van der Waals surface area contributed by atoms with Crippen LogP contribution in [0.5, 0.6) is 0 Å². The Morgan fingerprint density at radius 2 is 2.27 bits per heavy atom. The number of nitriles is 1. The molecule has 1 atom stereocenters. The molecule has 1 fully saturated rings. The van der Waals surface area contributed by atoms with Crippen LogP contribution in [0.4, 0.5) is 0 Å². The minimum Gasteiger partial charge on any atom is -0.382 e. The summed E-state index contributed by atoms with van der Waals surface area (Å²) < 4.78 is 28.1. The van der Waals surface area contributed by atoms with Crippen LogP contribution in [0.25, 0.3) is 0 Å². The third kappa shape index (κ3) is 6.03. The molecule has 0 spiro atoms. The molecule has 0 bridgehead atoms. The van der Waals surface area contributed by atoms with Gasteiger partial charge in [0.2, 0.25) is 0 Å². The predicted molar refractivity (Wildman–Crippen MR) is 82.6 cm³/mol. The summed E-state index contributed by atoms with van der Waals surface area (Å²) >= 11 is 0. The lowest BCUT2D eigenvalue weighted by molar-refractivity contribution is -0.117. The molecule has 124 valence electrons. The van der Waals surface area contributed by atoms with Gasteiger partial charge in [-0.05, 0) is 19.8 Å². The fourth-order valence-corrected chi connectivity index (χ4v) is 3.95. The van der Waals surface area contributed by atoms with E-state index in [9.17, 15) is 13.2 Å². The Bertz CT molecular complexity index is 551. The average molecular weight is 329 g/mol. The molecule has 1 N–H and O–H groups in total. The Hall–Kier alpha value is -1.59. The lowest BCUT2D eigenvalue weighted by atomic mass is 10.2. The Labute approximate surface area is 131 Å². The first kappa shape index (κ1) is 18.5. The van der Waals surface area contributed by atoms with Crippen LogP contribution in [-0.4, -0.2) is 63.6 Å². The van der Waals surface area contributed by atoms with Gasteiger partial charge in [-0.15, -0.1) is 0 Å². The molecule has 1 saturated heterocycles. The van der Waals surface area contributed by atoms with Crippen LogP contribution in [0.2, 0.25) is 0 Å². The van der Waals surface area contributed by atoms with Gasteiger partial charge >= 0.3 is 0 Å². The second-order valence-corrected chi connectivity index (χ2v) is 7.41. The lowest BCUT2D eigenvalue weighted by Gasteiger charge is -2.21. The van der Waals surface area contributed by atoms with Gasteiger partial charge in [0.25, 0.3) is 5.91 Å². The molecule has 0 aromatic carbocycles. The summed E-state index contributed by atoms with van der Waals surface area (Å²) in [6.07, 6.45) is 2.61. The van der Waals surface area contributed by atoms with Crippen LogP contribution >= 0.6 is 0 Å². The summed E-state index contributed by atoms with van der Waals surface area (Å²) in [6, 6.07) is 1.67. The highest BCUT2D eigenvalue weighted by Crippen LogP contribution is 2.17. The number of hydrogen-bond donors (Lipinski definition) is 1. The Kier molecular flexibility index (Phi) is 7.35. The molecule has 1 heterocycles. The maximum absolute atomic E-state index is 11.9. The number of carbonyl (C=O) groups is 1. The van der Waals surface area contributed by atoms with Gasteiger partial charge in [0.1, 0.15) is 11.6 Å². The van der Waals surface area contributed by atoms with Crippen molar-refractivity contribution in [3.8, 4) is 6.07 Å². The number of sulfone groups is 1. The van der Waals surface area contributed by atoms with Gasteiger partial charge in [-0.25, -0.2) is 8.42 Å². The number of rotatable bonds is 8. The fourth-order valence-electron chi connectivity index (χ4n) is 2.16. The van der Waals surface area contributed by atoms with E-state index < -0.39 is 15.7 Å². The second kappa shape index (κ2) is 8.76. The van der Waals surface area contributed by atoms with Gasteiger partial charge in [-0.2, -0.15) is 5.26 Å². The van der Waals surface area contributed by atoms with Crippen molar-refractivity contribution in [1.82, 2.24) is 10.2 Å². The Morgan fingerprint density at radius 1 is 1.55 bits per heavy atom. The van der Waals surface area contributed by atoms with E-state index in [2.05, 4.69) is 5.32 Å². The highest BCUT2D eigenvalue weighted by molar-refractivity contribution is 7.91. The molecule has 1 aliphatic heterocycles. The van der Waals surface area contributed by atoms with Crippen LogP contribution in [0.1, 0.15) is 19.8 Å². The summed E-state index contributed by atoms with van der Waals surface area (Å²) in [4.78, 5) is 13.5. The molecule has 0 saturated carbocycles. The van der Waals surface area contributed by atoms with Gasteiger partial charge in [-0.1, -0.05) is 0 Å². The molecule has 0 aromatic heterocycles. The number of carbonyl (C=O) groups excluding carboxylic acids is 1. The number of amides is 1. The predicted octanol–water partition coefficient (Wildman–Crippen LogP) is 0.0556. The number of nitrogens with one attached hydrogen (secondary N) is 1. The SMILES string of the molecule is CCOCCCNC(=O)/C(C#N)=C\N(C)C1CCS(=O)(=O)C1. The van der Waals surface area contributed by atoms with Crippen molar-refractivity contribution in [2.75, 3.05) is 38.3 Å². The van der Waals surface area contributed by atoms with Gasteiger partial charge < -0.3 is 15.0 Å². The minimum absolute atomic E-state index is 0.0248. The zero-order valence-corrected chi connectivity index (χ0v) is 13.9. The number of hydrogen-bond acceptors (Lipinski definition) is 6. The largest absolute Gasteiger partial charge is 0.382 e. The van der Waals surface area contributed by atoms with Crippen molar-refractivity contribution >= 4 is 15.7 Å². The number of nitrogens with zero attached hydrogens (tertiary/aromatic N) is 2. The Morgan fingerprint density at radius 3 is 2.82 bits per heavy atom. The molecule has 1 unspecified atom stereocenters. The summed E-state index contributed by atoms with van der Waals surface area (Å²) in [7, 11) is -1.31. The zero-order chi connectivity index (χ0) is 16.6. The minimum atomic E-state index is -2.99. The van der Waals surface area contributed by atoms with Gasteiger partial charge in [0, 0.05) is 39.0 Å².